The highest BCUT2D eigenvalue weighted by Gasteiger charge is 2.01. The molecule has 0 fully saturated rings. The van der Waals surface area contributed by atoms with Gasteiger partial charge in [0.1, 0.15) is 5.82 Å². The number of anilines is 2. The second-order valence-corrected chi connectivity index (χ2v) is 4.73. The molecular formula is C14H22N6. The highest BCUT2D eigenvalue weighted by molar-refractivity contribution is 5.41. The number of imidazole rings is 1. The lowest BCUT2D eigenvalue weighted by Gasteiger charge is -2.09. The van der Waals surface area contributed by atoms with Gasteiger partial charge in [-0.3, -0.25) is 0 Å². The van der Waals surface area contributed by atoms with Crippen LogP contribution >= 0.6 is 0 Å². The predicted molar refractivity (Wildman–Crippen MR) is 80.9 cm³/mol. The second kappa shape index (κ2) is 7.47. The van der Waals surface area contributed by atoms with Crippen LogP contribution in [0.2, 0.25) is 0 Å². The summed E-state index contributed by atoms with van der Waals surface area (Å²) < 4.78 is 2.07. The van der Waals surface area contributed by atoms with Crippen LogP contribution in [-0.2, 0) is 6.54 Å². The molecule has 0 unspecified atom stereocenters. The van der Waals surface area contributed by atoms with Crippen molar-refractivity contribution in [3.05, 3.63) is 30.5 Å². The number of nitrogens with zero attached hydrogens (tertiary/aromatic N) is 4. The van der Waals surface area contributed by atoms with Gasteiger partial charge in [-0.25, -0.2) is 9.97 Å². The smallest absolute Gasteiger partial charge is 0.224 e. The second-order valence-electron chi connectivity index (χ2n) is 4.73. The van der Waals surface area contributed by atoms with Crippen LogP contribution in [0.5, 0.6) is 0 Å². The van der Waals surface area contributed by atoms with E-state index < -0.39 is 0 Å². The minimum atomic E-state index is 0.698. The van der Waals surface area contributed by atoms with Gasteiger partial charge in [0.05, 0.1) is 6.33 Å². The number of aryl methyl sites for hydroxylation is 2. The molecule has 0 aliphatic rings. The molecule has 6 heteroatoms. The van der Waals surface area contributed by atoms with E-state index in [4.69, 9.17) is 0 Å². The molecule has 2 N–H and O–H groups in total. The maximum Gasteiger partial charge on any atom is 0.224 e. The van der Waals surface area contributed by atoms with E-state index in [2.05, 4.69) is 37.1 Å². The largest absolute Gasteiger partial charge is 0.370 e. The van der Waals surface area contributed by atoms with Crippen molar-refractivity contribution in [2.45, 2.75) is 33.2 Å². The molecule has 0 saturated carbocycles. The van der Waals surface area contributed by atoms with E-state index in [9.17, 15) is 0 Å². The zero-order valence-electron chi connectivity index (χ0n) is 12.1. The molecule has 0 amide bonds. The third-order valence-electron chi connectivity index (χ3n) is 2.85. The summed E-state index contributed by atoms with van der Waals surface area (Å²) in [5, 5.41) is 6.55. The minimum Gasteiger partial charge on any atom is -0.370 e. The van der Waals surface area contributed by atoms with Crippen LogP contribution in [0.3, 0.4) is 0 Å². The summed E-state index contributed by atoms with van der Waals surface area (Å²) >= 11 is 0. The molecule has 0 saturated heterocycles. The third-order valence-corrected chi connectivity index (χ3v) is 2.85. The van der Waals surface area contributed by atoms with Gasteiger partial charge in [-0.05, 0) is 19.8 Å². The Hall–Kier alpha value is -2.11. The van der Waals surface area contributed by atoms with Crippen molar-refractivity contribution >= 4 is 11.8 Å². The Morgan fingerprint density at radius 1 is 1.20 bits per heavy atom. The average molecular weight is 274 g/mol. The quantitative estimate of drug-likeness (QED) is 0.723. The van der Waals surface area contributed by atoms with Gasteiger partial charge in [0.25, 0.3) is 0 Å². The van der Waals surface area contributed by atoms with Crippen LogP contribution in [-0.4, -0.2) is 32.6 Å². The Morgan fingerprint density at radius 2 is 2.10 bits per heavy atom. The number of hydrogen-bond donors (Lipinski definition) is 2. The predicted octanol–water partition coefficient (Wildman–Crippen LogP) is 2.31. The van der Waals surface area contributed by atoms with E-state index in [-0.39, 0.29) is 0 Å². The highest BCUT2D eigenvalue weighted by atomic mass is 15.1. The van der Waals surface area contributed by atoms with E-state index in [1.165, 1.54) is 0 Å². The van der Waals surface area contributed by atoms with E-state index in [0.717, 1.165) is 44.0 Å². The zero-order chi connectivity index (χ0) is 14.2. The van der Waals surface area contributed by atoms with Gasteiger partial charge >= 0.3 is 0 Å². The van der Waals surface area contributed by atoms with Crippen molar-refractivity contribution in [2.24, 2.45) is 0 Å². The first-order chi connectivity index (χ1) is 9.78. The molecule has 0 radical (unpaired) electrons. The maximum absolute atomic E-state index is 4.45. The minimum absolute atomic E-state index is 0.698. The van der Waals surface area contributed by atoms with Crippen molar-refractivity contribution in [3.8, 4) is 0 Å². The van der Waals surface area contributed by atoms with E-state index in [1.807, 2.05) is 25.5 Å². The standard InChI is InChI=1S/C14H22N6/c1-3-5-17-14-18-12(2)10-13(19-14)16-6-4-8-20-9-7-15-11-20/h7,9-11H,3-6,8H2,1-2H3,(H2,16,17,18,19). The molecule has 2 aromatic rings. The molecule has 20 heavy (non-hydrogen) atoms. The normalized spacial score (nSPS) is 10.5. The van der Waals surface area contributed by atoms with Crippen molar-refractivity contribution in [2.75, 3.05) is 23.7 Å². The van der Waals surface area contributed by atoms with E-state index in [0.29, 0.717) is 5.95 Å². The number of aromatic nitrogens is 4. The third kappa shape index (κ3) is 4.53. The molecule has 6 nitrogen and oxygen atoms in total. The number of hydrogen-bond acceptors (Lipinski definition) is 5. The molecule has 0 atom stereocenters. The lowest BCUT2D eigenvalue weighted by Crippen LogP contribution is -2.10. The van der Waals surface area contributed by atoms with Crippen molar-refractivity contribution in [1.29, 1.82) is 0 Å². The molecule has 2 heterocycles. The van der Waals surface area contributed by atoms with Crippen LogP contribution in [0.25, 0.3) is 0 Å². The summed E-state index contributed by atoms with van der Waals surface area (Å²) in [7, 11) is 0. The highest BCUT2D eigenvalue weighted by Crippen LogP contribution is 2.09. The van der Waals surface area contributed by atoms with Crippen molar-refractivity contribution in [3.63, 3.8) is 0 Å². The van der Waals surface area contributed by atoms with Gasteiger partial charge in [0.15, 0.2) is 0 Å². The summed E-state index contributed by atoms with van der Waals surface area (Å²) in [5.74, 6) is 1.57. The fourth-order valence-electron chi connectivity index (χ4n) is 1.87. The van der Waals surface area contributed by atoms with Crippen LogP contribution in [0.1, 0.15) is 25.5 Å². The fourth-order valence-corrected chi connectivity index (χ4v) is 1.87. The Morgan fingerprint density at radius 3 is 2.85 bits per heavy atom. The summed E-state index contributed by atoms with van der Waals surface area (Å²) in [5.41, 5.74) is 0.968. The monoisotopic (exact) mass is 274 g/mol. The summed E-state index contributed by atoms with van der Waals surface area (Å²) in [6, 6.07) is 1.97. The molecule has 0 spiro atoms. The van der Waals surface area contributed by atoms with E-state index >= 15 is 0 Å². The summed E-state index contributed by atoms with van der Waals surface area (Å²) in [6.07, 6.45) is 7.69. The number of nitrogens with one attached hydrogen (secondary N) is 2. The molecular weight excluding hydrogens is 252 g/mol. The van der Waals surface area contributed by atoms with Gasteiger partial charge < -0.3 is 15.2 Å². The maximum atomic E-state index is 4.45. The Labute approximate surface area is 119 Å². The van der Waals surface area contributed by atoms with Gasteiger partial charge in [0, 0.05) is 43.8 Å². The number of rotatable bonds is 8. The van der Waals surface area contributed by atoms with Crippen LogP contribution in [0.4, 0.5) is 11.8 Å². The van der Waals surface area contributed by atoms with Crippen LogP contribution < -0.4 is 10.6 Å². The van der Waals surface area contributed by atoms with Crippen molar-refractivity contribution in [1.82, 2.24) is 19.5 Å². The Bertz CT molecular complexity index is 508. The molecule has 0 aliphatic carbocycles. The van der Waals surface area contributed by atoms with Gasteiger partial charge in [-0.1, -0.05) is 6.92 Å². The Balaban J connectivity index is 1.80. The molecule has 0 aromatic carbocycles. The lowest BCUT2D eigenvalue weighted by atomic mass is 10.4. The summed E-state index contributed by atoms with van der Waals surface area (Å²) in [4.78, 5) is 12.8. The topological polar surface area (TPSA) is 67.7 Å². The SMILES string of the molecule is CCCNc1nc(C)cc(NCCCn2ccnc2)n1. The van der Waals surface area contributed by atoms with Gasteiger partial charge in [-0.2, -0.15) is 4.98 Å². The molecule has 0 aliphatic heterocycles. The summed E-state index contributed by atoms with van der Waals surface area (Å²) in [6.45, 7) is 6.83. The molecule has 2 aromatic heterocycles. The molecule has 108 valence electrons. The average Bonchev–Trinajstić information content (AvgIpc) is 2.94. The van der Waals surface area contributed by atoms with Crippen molar-refractivity contribution < 1.29 is 0 Å². The van der Waals surface area contributed by atoms with Gasteiger partial charge in [0.2, 0.25) is 5.95 Å². The van der Waals surface area contributed by atoms with Crippen LogP contribution in [0, 0.1) is 6.92 Å². The Kier molecular flexibility index (Phi) is 5.34. The van der Waals surface area contributed by atoms with Crippen LogP contribution in [0.15, 0.2) is 24.8 Å². The first-order valence-corrected chi connectivity index (χ1v) is 7.07. The van der Waals surface area contributed by atoms with Gasteiger partial charge in [-0.15, -0.1) is 0 Å². The molecule has 0 bridgehead atoms. The first-order valence-electron chi connectivity index (χ1n) is 7.07. The van der Waals surface area contributed by atoms with E-state index in [1.54, 1.807) is 6.20 Å². The lowest BCUT2D eigenvalue weighted by molar-refractivity contribution is 0.660. The zero-order valence-corrected chi connectivity index (χ0v) is 12.1. The fraction of sp³-hybridized carbons (Fsp3) is 0.500. The molecule has 2 rings (SSSR count). The first kappa shape index (κ1) is 14.3.